The molecule has 94 valence electrons. The average Bonchev–Trinajstić information content (AvgIpc) is 2.81. The summed E-state index contributed by atoms with van der Waals surface area (Å²) in [4.78, 5) is 23.5. The zero-order valence-corrected chi connectivity index (χ0v) is 9.98. The summed E-state index contributed by atoms with van der Waals surface area (Å²) < 4.78 is 10.5. The first-order valence-corrected chi connectivity index (χ1v) is 6.18. The Hall–Kier alpha value is -1.84. The smallest absolute Gasteiger partial charge is 0.231 e. The second-order valence-electron chi connectivity index (χ2n) is 4.73. The summed E-state index contributed by atoms with van der Waals surface area (Å²) in [5, 5.41) is 0. The number of ether oxygens (including phenoxy) is 2. The first-order chi connectivity index (χ1) is 8.74. The van der Waals surface area contributed by atoms with Gasteiger partial charge in [-0.15, -0.1) is 0 Å². The van der Waals surface area contributed by atoms with Crippen LogP contribution in [0.15, 0.2) is 18.2 Å². The number of ketones is 2. The maximum absolute atomic E-state index is 11.8. The lowest BCUT2D eigenvalue weighted by Crippen LogP contribution is -2.30. The maximum atomic E-state index is 11.8. The molecule has 0 bridgehead atoms. The molecule has 1 aliphatic heterocycles. The van der Waals surface area contributed by atoms with E-state index in [0.717, 1.165) is 11.3 Å². The molecule has 1 fully saturated rings. The largest absolute Gasteiger partial charge is 0.454 e. The highest BCUT2D eigenvalue weighted by Gasteiger charge is 2.30. The Labute approximate surface area is 105 Å². The van der Waals surface area contributed by atoms with Gasteiger partial charge in [0, 0.05) is 12.8 Å². The topological polar surface area (TPSA) is 52.6 Å². The van der Waals surface area contributed by atoms with Crippen LogP contribution in [0.5, 0.6) is 11.5 Å². The second-order valence-corrected chi connectivity index (χ2v) is 4.73. The second kappa shape index (κ2) is 4.44. The van der Waals surface area contributed by atoms with Crippen molar-refractivity contribution in [3.05, 3.63) is 23.8 Å². The van der Waals surface area contributed by atoms with Crippen molar-refractivity contribution in [3.63, 3.8) is 0 Å². The molecule has 0 aromatic heterocycles. The molecular formula is C14H14O4. The van der Waals surface area contributed by atoms with Crippen LogP contribution in [0.2, 0.25) is 0 Å². The number of fused-ring (bicyclic) bond motifs is 1. The van der Waals surface area contributed by atoms with Crippen molar-refractivity contribution < 1.29 is 19.1 Å². The van der Waals surface area contributed by atoms with Gasteiger partial charge in [0.15, 0.2) is 11.5 Å². The number of rotatable bonds is 2. The molecule has 18 heavy (non-hydrogen) atoms. The van der Waals surface area contributed by atoms with Crippen LogP contribution < -0.4 is 9.47 Å². The summed E-state index contributed by atoms with van der Waals surface area (Å²) in [5.41, 5.74) is 0.952. The molecule has 4 heteroatoms. The number of carbonyl (C=O) groups excluding carboxylic acids is 2. The monoisotopic (exact) mass is 246 g/mol. The van der Waals surface area contributed by atoms with Crippen LogP contribution >= 0.6 is 0 Å². The fourth-order valence-electron chi connectivity index (χ4n) is 2.50. The quantitative estimate of drug-likeness (QED) is 0.748. The molecule has 1 aliphatic carbocycles. The molecule has 0 amide bonds. The Morgan fingerprint density at radius 3 is 2.56 bits per heavy atom. The molecule has 0 radical (unpaired) electrons. The average molecular weight is 246 g/mol. The summed E-state index contributed by atoms with van der Waals surface area (Å²) >= 11 is 0. The standard InChI is InChI=1S/C14H14O4/c15-11-2-1-3-12(16)10(11)6-9-4-5-13-14(7-9)18-8-17-13/h4-5,7,10H,1-3,6,8H2. The van der Waals surface area contributed by atoms with Gasteiger partial charge in [-0.1, -0.05) is 6.07 Å². The van der Waals surface area contributed by atoms with Gasteiger partial charge < -0.3 is 9.47 Å². The first-order valence-electron chi connectivity index (χ1n) is 6.18. The van der Waals surface area contributed by atoms with Gasteiger partial charge in [0.05, 0.1) is 5.92 Å². The van der Waals surface area contributed by atoms with E-state index in [1.165, 1.54) is 0 Å². The molecule has 0 N–H and O–H groups in total. The molecule has 4 nitrogen and oxygen atoms in total. The van der Waals surface area contributed by atoms with Crippen LogP contribution in [-0.4, -0.2) is 18.4 Å². The van der Waals surface area contributed by atoms with Crippen molar-refractivity contribution in [2.24, 2.45) is 5.92 Å². The van der Waals surface area contributed by atoms with Crippen LogP contribution in [0, 0.1) is 5.92 Å². The van der Waals surface area contributed by atoms with Gasteiger partial charge in [-0.3, -0.25) is 9.59 Å². The van der Waals surface area contributed by atoms with E-state index in [0.29, 0.717) is 31.4 Å². The number of benzene rings is 1. The fourth-order valence-corrected chi connectivity index (χ4v) is 2.50. The molecule has 0 spiro atoms. The Bertz CT molecular complexity index is 491. The summed E-state index contributed by atoms with van der Waals surface area (Å²) in [6.07, 6.45) is 2.24. The van der Waals surface area contributed by atoms with Gasteiger partial charge >= 0.3 is 0 Å². The molecule has 2 aliphatic rings. The Morgan fingerprint density at radius 1 is 1.06 bits per heavy atom. The molecule has 1 saturated carbocycles. The third kappa shape index (κ3) is 1.98. The zero-order valence-electron chi connectivity index (χ0n) is 9.98. The Kier molecular flexibility index (Phi) is 2.78. The minimum Gasteiger partial charge on any atom is -0.454 e. The predicted octanol–water partition coefficient (Wildman–Crippen LogP) is 1.90. The highest BCUT2D eigenvalue weighted by atomic mass is 16.7. The number of carbonyl (C=O) groups is 2. The van der Waals surface area contributed by atoms with Gasteiger partial charge in [0.25, 0.3) is 0 Å². The lowest BCUT2D eigenvalue weighted by atomic mass is 9.82. The summed E-state index contributed by atoms with van der Waals surface area (Å²) in [6.45, 7) is 0.236. The maximum Gasteiger partial charge on any atom is 0.231 e. The lowest BCUT2D eigenvalue weighted by molar-refractivity contribution is -0.135. The van der Waals surface area contributed by atoms with Crippen molar-refractivity contribution in [1.29, 1.82) is 0 Å². The lowest BCUT2D eigenvalue weighted by Gasteiger charge is -2.19. The zero-order chi connectivity index (χ0) is 12.5. The summed E-state index contributed by atoms with van der Waals surface area (Å²) in [5.74, 6) is 1.11. The van der Waals surface area contributed by atoms with E-state index < -0.39 is 5.92 Å². The van der Waals surface area contributed by atoms with Gasteiger partial charge in [-0.2, -0.15) is 0 Å². The van der Waals surface area contributed by atoms with E-state index in [-0.39, 0.29) is 18.4 Å². The van der Waals surface area contributed by atoms with Gasteiger partial charge in [-0.05, 0) is 30.5 Å². The van der Waals surface area contributed by atoms with E-state index in [2.05, 4.69) is 0 Å². The van der Waals surface area contributed by atoms with Crippen molar-refractivity contribution in [3.8, 4) is 11.5 Å². The van der Waals surface area contributed by atoms with E-state index in [1.807, 2.05) is 18.2 Å². The highest BCUT2D eigenvalue weighted by molar-refractivity contribution is 6.04. The van der Waals surface area contributed by atoms with Crippen LogP contribution in [0.4, 0.5) is 0 Å². The molecule has 3 rings (SSSR count). The molecule has 0 saturated heterocycles. The van der Waals surface area contributed by atoms with E-state index >= 15 is 0 Å². The fraction of sp³-hybridized carbons (Fsp3) is 0.429. The minimum absolute atomic E-state index is 0.0731. The molecule has 0 atom stereocenters. The number of hydrogen-bond acceptors (Lipinski definition) is 4. The third-order valence-corrected chi connectivity index (χ3v) is 3.50. The van der Waals surface area contributed by atoms with Crippen molar-refractivity contribution in [2.75, 3.05) is 6.79 Å². The van der Waals surface area contributed by atoms with E-state index in [9.17, 15) is 9.59 Å². The predicted molar refractivity (Wildman–Crippen MR) is 63.6 cm³/mol. The molecule has 1 aromatic rings. The third-order valence-electron chi connectivity index (χ3n) is 3.50. The van der Waals surface area contributed by atoms with Gasteiger partial charge in [-0.25, -0.2) is 0 Å². The van der Waals surface area contributed by atoms with Gasteiger partial charge in [0.2, 0.25) is 6.79 Å². The summed E-state index contributed by atoms with van der Waals surface area (Å²) in [7, 11) is 0. The van der Waals surface area contributed by atoms with Crippen LogP contribution in [-0.2, 0) is 16.0 Å². The van der Waals surface area contributed by atoms with Crippen molar-refractivity contribution >= 4 is 11.6 Å². The SMILES string of the molecule is O=C1CCCC(=O)C1Cc1ccc2c(c1)OCO2. The summed E-state index contributed by atoms with van der Waals surface area (Å²) in [6, 6.07) is 5.58. The number of hydrogen-bond donors (Lipinski definition) is 0. The van der Waals surface area contributed by atoms with Crippen molar-refractivity contribution in [2.45, 2.75) is 25.7 Å². The van der Waals surface area contributed by atoms with Crippen LogP contribution in [0.3, 0.4) is 0 Å². The van der Waals surface area contributed by atoms with Gasteiger partial charge in [0.1, 0.15) is 11.6 Å². The van der Waals surface area contributed by atoms with Crippen LogP contribution in [0.25, 0.3) is 0 Å². The minimum atomic E-state index is -0.459. The van der Waals surface area contributed by atoms with E-state index in [4.69, 9.17) is 9.47 Å². The van der Waals surface area contributed by atoms with Crippen LogP contribution in [0.1, 0.15) is 24.8 Å². The molecule has 1 aromatic carbocycles. The Balaban J connectivity index is 1.79. The van der Waals surface area contributed by atoms with Crippen molar-refractivity contribution in [1.82, 2.24) is 0 Å². The van der Waals surface area contributed by atoms with E-state index in [1.54, 1.807) is 0 Å². The number of Topliss-reactive ketones (excluding diaryl/α,β-unsaturated/α-hetero) is 2. The molecule has 0 unspecified atom stereocenters. The Morgan fingerprint density at radius 2 is 1.78 bits per heavy atom. The molecular weight excluding hydrogens is 232 g/mol. The molecule has 1 heterocycles. The first kappa shape index (κ1) is 11.3. The normalized spacial score (nSPS) is 19.3. The highest BCUT2D eigenvalue weighted by Crippen LogP contribution is 2.33.